The molecule has 2 amide bonds. The molecule has 0 unspecified atom stereocenters. The lowest BCUT2D eigenvalue weighted by Gasteiger charge is -2.06. The molecule has 0 saturated carbocycles. The van der Waals surface area contributed by atoms with Gasteiger partial charge in [-0.15, -0.1) is 0 Å². The van der Waals surface area contributed by atoms with Gasteiger partial charge in [0.05, 0.1) is 19.8 Å². The van der Waals surface area contributed by atoms with E-state index < -0.39 is 17.6 Å². The lowest BCUT2D eigenvalue weighted by atomic mass is 10.3. The van der Waals surface area contributed by atoms with Gasteiger partial charge in [0.2, 0.25) is 0 Å². The Morgan fingerprint density at radius 1 is 1.26 bits per heavy atom. The third kappa shape index (κ3) is 5.94. The number of nitrogens with one attached hydrogen (secondary N) is 2. The predicted octanol–water partition coefficient (Wildman–Crippen LogP) is -0.111. The summed E-state index contributed by atoms with van der Waals surface area (Å²) in [5.74, 6) is -2.22. The van der Waals surface area contributed by atoms with Gasteiger partial charge in [0.1, 0.15) is 5.82 Å². The molecule has 1 aromatic rings. The Labute approximate surface area is 109 Å². The first-order chi connectivity index (χ1) is 9.13. The summed E-state index contributed by atoms with van der Waals surface area (Å²) in [5.41, 5.74) is 0.205. The van der Waals surface area contributed by atoms with Crippen LogP contribution in [0.25, 0.3) is 0 Å². The highest BCUT2D eigenvalue weighted by Gasteiger charge is 2.12. The molecule has 0 fully saturated rings. The Hall–Kier alpha value is -1.99. The summed E-state index contributed by atoms with van der Waals surface area (Å²) in [7, 11) is 0. The molecule has 0 spiro atoms. The second kappa shape index (κ2) is 8.17. The van der Waals surface area contributed by atoms with Crippen molar-refractivity contribution in [2.75, 3.05) is 31.7 Å². The second-order valence-corrected chi connectivity index (χ2v) is 3.56. The summed E-state index contributed by atoms with van der Waals surface area (Å²) in [6.07, 6.45) is 0. The fourth-order valence-corrected chi connectivity index (χ4v) is 1.24. The van der Waals surface area contributed by atoms with E-state index in [1.807, 2.05) is 0 Å². The molecule has 0 saturated heterocycles. The van der Waals surface area contributed by atoms with Crippen LogP contribution in [0.1, 0.15) is 0 Å². The zero-order valence-electron chi connectivity index (χ0n) is 10.2. The summed E-state index contributed by atoms with van der Waals surface area (Å²) in [6, 6.07) is 5.23. The number of hydrogen-bond donors (Lipinski definition) is 3. The SMILES string of the molecule is O=C(NCCOCCO)C(=O)Nc1cccc(F)c1. The van der Waals surface area contributed by atoms with Crippen molar-refractivity contribution in [2.24, 2.45) is 0 Å². The van der Waals surface area contributed by atoms with E-state index in [2.05, 4.69) is 10.6 Å². The van der Waals surface area contributed by atoms with Gasteiger partial charge < -0.3 is 20.5 Å². The van der Waals surface area contributed by atoms with Crippen molar-refractivity contribution in [1.82, 2.24) is 5.32 Å². The molecule has 1 aromatic carbocycles. The number of rotatable bonds is 6. The third-order valence-electron chi connectivity index (χ3n) is 2.06. The predicted molar refractivity (Wildman–Crippen MR) is 65.9 cm³/mol. The fourth-order valence-electron chi connectivity index (χ4n) is 1.24. The molecule has 0 heterocycles. The van der Waals surface area contributed by atoms with E-state index in [1.165, 1.54) is 18.2 Å². The molecule has 0 bridgehead atoms. The normalized spacial score (nSPS) is 10.0. The van der Waals surface area contributed by atoms with Crippen molar-refractivity contribution in [1.29, 1.82) is 0 Å². The summed E-state index contributed by atoms with van der Waals surface area (Å²) in [6.45, 7) is 0.411. The first-order valence-corrected chi connectivity index (χ1v) is 5.67. The van der Waals surface area contributed by atoms with Crippen molar-refractivity contribution in [3.63, 3.8) is 0 Å². The van der Waals surface area contributed by atoms with Gasteiger partial charge in [-0.3, -0.25) is 9.59 Å². The van der Waals surface area contributed by atoms with Gasteiger partial charge in [-0.25, -0.2) is 4.39 Å². The molecule has 0 radical (unpaired) electrons. The van der Waals surface area contributed by atoms with Gasteiger partial charge in [0.25, 0.3) is 0 Å². The van der Waals surface area contributed by atoms with Crippen molar-refractivity contribution >= 4 is 17.5 Å². The minimum Gasteiger partial charge on any atom is -0.394 e. The number of amides is 2. The maximum Gasteiger partial charge on any atom is 0.313 e. The average molecular weight is 270 g/mol. The van der Waals surface area contributed by atoms with Crippen LogP contribution in [0.3, 0.4) is 0 Å². The number of ether oxygens (including phenoxy) is 1. The molecular weight excluding hydrogens is 255 g/mol. The van der Waals surface area contributed by atoms with Gasteiger partial charge in [0, 0.05) is 12.2 Å². The Morgan fingerprint density at radius 2 is 2.05 bits per heavy atom. The van der Waals surface area contributed by atoms with E-state index in [9.17, 15) is 14.0 Å². The molecule has 0 aliphatic rings. The Balaban J connectivity index is 2.31. The number of carbonyl (C=O) groups excluding carboxylic acids is 2. The van der Waals surface area contributed by atoms with Crippen LogP contribution in [0.5, 0.6) is 0 Å². The number of carbonyl (C=O) groups is 2. The Morgan fingerprint density at radius 3 is 2.74 bits per heavy atom. The number of aliphatic hydroxyl groups is 1. The van der Waals surface area contributed by atoms with Crippen LogP contribution in [0, 0.1) is 5.82 Å². The molecule has 7 heteroatoms. The lowest BCUT2D eigenvalue weighted by Crippen LogP contribution is -2.37. The maximum atomic E-state index is 12.9. The van der Waals surface area contributed by atoms with Crippen molar-refractivity contribution < 1.29 is 23.8 Å². The molecule has 6 nitrogen and oxygen atoms in total. The molecule has 1 rings (SSSR count). The highest BCUT2D eigenvalue weighted by atomic mass is 19.1. The van der Waals surface area contributed by atoms with Gasteiger partial charge in [-0.1, -0.05) is 6.07 Å². The molecule has 3 N–H and O–H groups in total. The summed E-state index contributed by atoms with van der Waals surface area (Å²) in [5, 5.41) is 13.0. The zero-order chi connectivity index (χ0) is 14.1. The van der Waals surface area contributed by atoms with Gasteiger partial charge in [-0.05, 0) is 18.2 Å². The van der Waals surface area contributed by atoms with E-state index in [1.54, 1.807) is 0 Å². The molecule has 0 aliphatic carbocycles. The molecule has 0 aromatic heterocycles. The number of benzene rings is 1. The van der Waals surface area contributed by atoms with Crippen molar-refractivity contribution in [2.45, 2.75) is 0 Å². The van der Waals surface area contributed by atoms with Crippen LogP contribution in [0.2, 0.25) is 0 Å². The first kappa shape index (κ1) is 15.1. The largest absolute Gasteiger partial charge is 0.394 e. The molecule has 0 atom stereocenters. The monoisotopic (exact) mass is 270 g/mol. The van der Waals surface area contributed by atoms with Crippen LogP contribution in [-0.4, -0.2) is 43.3 Å². The summed E-state index contributed by atoms with van der Waals surface area (Å²) < 4.78 is 17.8. The smallest absolute Gasteiger partial charge is 0.313 e. The molecule has 19 heavy (non-hydrogen) atoms. The topological polar surface area (TPSA) is 87.7 Å². The second-order valence-electron chi connectivity index (χ2n) is 3.56. The van der Waals surface area contributed by atoms with E-state index in [0.717, 1.165) is 6.07 Å². The van der Waals surface area contributed by atoms with Crippen LogP contribution >= 0.6 is 0 Å². The van der Waals surface area contributed by atoms with E-state index in [-0.39, 0.29) is 32.1 Å². The molecule has 104 valence electrons. The van der Waals surface area contributed by atoms with Gasteiger partial charge in [0.15, 0.2) is 0 Å². The quantitative estimate of drug-likeness (QED) is 0.497. The number of hydrogen-bond acceptors (Lipinski definition) is 4. The molecule has 0 aliphatic heterocycles. The van der Waals surface area contributed by atoms with Crippen LogP contribution < -0.4 is 10.6 Å². The first-order valence-electron chi connectivity index (χ1n) is 5.67. The standard InChI is InChI=1S/C12H15FN2O4/c13-9-2-1-3-10(8-9)15-12(18)11(17)14-4-6-19-7-5-16/h1-3,8,16H,4-7H2,(H,14,17)(H,15,18). The fraction of sp³-hybridized carbons (Fsp3) is 0.333. The summed E-state index contributed by atoms with van der Waals surface area (Å²) in [4.78, 5) is 22.8. The third-order valence-corrected chi connectivity index (χ3v) is 2.06. The average Bonchev–Trinajstić information content (AvgIpc) is 2.38. The maximum absolute atomic E-state index is 12.9. The molecular formula is C12H15FN2O4. The summed E-state index contributed by atoms with van der Waals surface area (Å²) >= 11 is 0. The Bertz CT molecular complexity index is 439. The van der Waals surface area contributed by atoms with Crippen LogP contribution in [0.4, 0.5) is 10.1 Å². The zero-order valence-corrected chi connectivity index (χ0v) is 10.2. The minimum absolute atomic E-state index is 0.103. The lowest BCUT2D eigenvalue weighted by molar-refractivity contribution is -0.136. The van der Waals surface area contributed by atoms with Crippen LogP contribution in [0.15, 0.2) is 24.3 Å². The van der Waals surface area contributed by atoms with Gasteiger partial charge in [-0.2, -0.15) is 0 Å². The van der Waals surface area contributed by atoms with Crippen molar-refractivity contribution in [3.8, 4) is 0 Å². The van der Waals surface area contributed by atoms with Gasteiger partial charge >= 0.3 is 11.8 Å². The van der Waals surface area contributed by atoms with Crippen molar-refractivity contribution in [3.05, 3.63) is 30.1 Å². The van der Waals surface area contributed by atoms with E-state index in [0.29, 0.717) is 0 Å². The number of aliphatic hydroxyl groups excluding tert-OH is 1. The highest BCUT2D eigenvalue weighted by molar-refractivity contribution is 6.39. The van der Waals surface area contributed by atoms with E-state index >= 15 is 0 Å². The number of halogens is 1. The minimum atomic E-state index is -0.882. The van der Waals surface area contributed by atoms with E-state index in [4.69, 9.17) is 9.84 Å². The van der Waals surface area contributed by atoms with Crippen LogP contribution in [-0.2, 0) is 14.3 Å². The Kier molecular flexibility index (Phi) is 6.48. The number of anilines is 1. The highest BCUT2D eigenvalue weighted by Crippen LogP contribution is 2.08.